The Labute approximate surface area is 284 Å². The fourth-order valence-corrected chi connectivity index (χ4v) is 7.95. The third-order valence-corrected chi connectivity index (χ3v) is 10.2. The number of hydrogen-bond acceptors (Lipinski definition) is 1. The first kappa shape index (κ1) is 27.7. The summed E-state index contributed by atoms with van der Waals surface area (Å²) in [6, 6.07) is 68.9. The van der Waals surface area contributed by atoms with Gasteiger partial charge in [0, 0.05) is 16.8 Å². The van der Waals surface area contributed by atoms with Gasteiger partial charge >= 0.3 is 0 Å². The monoisotopic (exact) mass is 621 g/mol. The Morgan fingerprint density at radius 3 is 1.47 bits per heavy atom. The van der Waals surface area contributed by atoms with Crippen LogP contribution < -0.4 is 4.90 Å². The first-order valence-corrected chi connectivity index (χ1v) is 16.9. The quantitative estimate of drug-likeness (QED) is 0.177. The molecule has 0 atom stereocenters. The summed E-state index contributed by atoms with van der Waals surface area (Å²) >= 11 is 0. The van der Waals surface area contributed by atoms with E-state index in [4.69, 9.17) is 0 Å². The van der Waals surface area contributed by atoms with Gasteiger partial charge in [-0.2, -0.15) is 0 Å². The largest absolute Gasteiger partial charge is 0.310 e. The third-order valence-electron chi connectivity index (χ3n) is 10.2. The van der Waals surface area contributed by atoms with Crippen molar-refractivity contribution in [3.05, 3.63) is 188 Å². The van der Waals surface area contributed by atoms with E-state index in [2.05, 4.69) is 193 Å². The molecular weight excluding hydrogens is 591 g/mol. The fourth-order valence-electron chi connectivity index (χ4n) is 7.95. The predicted octanol–water partition coefficient (Wildman–Crippen LogP) is 13.7. The number of fused-ring (bicyclic) bond motifs is 10. The van der Waals surface area contributed by atoms with Crippen molar-refractivity contribution in [3.8, 4) is 11.1 Å². The highest BCUT2D eigenvalue weighted by Gasteiger charge is 2.19. The Bertz CT molecular complexity index is 2850. The zero-order valence-electron chi connectivity index (χ0n) is 26.8. The molecule has 10 aromatic carbocycles. The third kappa shape index (κ3) is 4.40. The lowest BCUT2D eigenvalue weighted by Crippen LogP contribution is -2.11. The Kier molecular flexibility index (Phi) is 6.25. The molecule has 0 aromatic heterocycles. The van der Waals surface area contributed by atoms with Crippen LogP contribution in [0.4, 0.5) is 17.1 Å². The molecule has 0 amide bonds. The first-order valence-electron chi connectivity index (χ1n) is 16.9. The molecule has 0 saturated carbocycles. The van der Waals surface area contributed by atoms with Crippen molar-refractivity contribution >= 4 is 81.7 Å². The molecule has 0 bridgehead atoms. The Morgan fingerprint density at radius 2 is 0.755 bits per heavy atom. The lowest BCUT2D eigenvalue weighted by atomic mass is 9.93. The Morgan fingerprint density at radius 1 is 0.265 bits per heavy atom. The van der Waals surface area contributed by atoms with Crippen LogP contribution in [0.2, 0.25) is 0 Å². The molecule has 10 aromatic rings. The molecule has 1 nitrogen and oxygen atoms in total. The molecule has 228 valence electrons. The summed E-state index contributed by atoms with van der Waals surface area (Å²) in [7, 11) is 0. The molecule has 0 aliphatic carbocycles. The maximum absolute atomic E-state index is 2.45. The molecule has 0 aliphatic heterocycles. The van der Waals surface area contributed by atoms with Crippen LogP contribution in [0.15, 0.2) is 188 Å². The molecular formula is C48H31N. The summed E-state index contributed by atoms with van der Waals surface area (Å²) < 4.78 is 0. The van der Waals surface area contributed by atoms with Crippen LogP contribution in [-0.2, 0) is 0 Å². The minimum absolute atomic E-state index is 1.13. The van der Waals surface area contributed by atoms with Crippen LogP contribution in [0, 0.1) is 0 Å². The molecule has 0 unspecified atom stereocenters. The standard InChI is InChI=1S/C48H31N/c1-2-12-32(13-3-1)38-28-29-48(46-21-11-10-16-40(38)46)49(35-24-26-39-34(30-35)23-22-33-14-4-5-15-37(33)39)36-25-27-45-43-19-7-6-17-41(43)42-18-8-9-20-44(42)47(45)31-36/h1-31H. The molecule has 0 saturated heterocycles. The minimum Gasteiger partial charge on any atom is -0.310 e. The van der Waals surface area contributed by atoms with E-state index in [9.17, 15) is 0 Å². The summed E-state index contributed by atoms with van der Waals surface area (Å²) in [4.78, 5) is 2.45. The van der Waals surface area contributed by atoms with Gasteiger partial charge in [-0.3, -0.25) is 0 Å². The van der Waals surface area contributed by atoms with Crippen LogP contribution in [0.5, 0.6) is 0 Å². The predicted molar refractivity (Wildman–Crippen MR) is 212 cm³/mol. The molecule has 0 aliphatic rings. The van der Waals surface area contributed by atoms with E-state index in [0.29, 0.717) is 0 Å². The van der Waals surface area contributed by atoms with Gasteiger partial charge in [-0.25, -0.2) is 0 Å². The van der Waals surface area contributed by atoms with Gasteiger partial charge in [0.2, 0.25) is 0 Å². The summed E-state index contributed by atoms with van der Waals surface area (Å²) in [5.74, 6) is 0. The average Bonchev–Trinajstić information content (AvgIpc) is 3.18. The van der Waals surface area contributed by atoms with Crippen molar-refractivity contribution in [2.24, 2.45) is 0 Å². The normalized spacial score (nSPS) is 11.7. The SMILES string of the molecule is c1ccc(-c2ccc(N(c3ccc4c(ccc5ccccc54)c3)c3ccc4c5ccccc5c5ccccc5c4c3)c3ccccc23)cc1. The van der Waals surface area contributed by atoms with E-state index in [1.54, 1.807) is 0 Å². The molecule has 0 spiro atoms. The maximum Gasteiger partial charge on any atom is 0.0540 e. The topological polar surface area (TPSA) is 3.24 Å². The van der Waals surface area contributed by atoms with Crippen LogP contribution in [-0.4, -0.2) is 0 Å². The highest BCUT2D eigenvalue weighted by Crippen LogP contribution is 2.45. The molecule has 0 fully saturated rings. The zero-order chi connectivity index (χ0) is 32.3. The van der Waals surface area contributed by atoms with E-state index in [1.807, 2.05) is 0 Å². The van der Waals surface area contributed by atoms with Gasteiger partial charge in [-0.05, 0) is 101 Å². The van der Waals surface area contributed by atoms with E-state index in [1.165, 1.54) is 75.8 Å². The summed E-state index contributed by atoms with van der Waals surface area (Å²) in [5.41, 5.74) is 5.87. The van der Waals surface area contributed by atoms with Crippen molar-refractivity contribution in [3.63, 3.8) is 0 Å². The summed E-state index contributed by atoms with van der Waals surface area (Å²) in [6.45, 7) is 0. The fraction of sp³-hybridized carbons (Fsp3) is 0. The van der Waals surface area contributed by atoms with Crippen molar-refractivity contribution in [2.75, 3.05) is 4.90 Å². The molecule has 0 radical (unpaired) electrons. The second-order valence-corrected chi connectivity index (χ2v) is 12.9. The zero-order valence-corrected chi connectivity index (χ0v) is 26.8. The van der Waals surface area contributed by atoms with Crippen molar-refractivity contribution in [2.45, 2.75) is 0 Å². The Hall–Kier alpha value is -6.44. The van der Waals surface area contributed by atoms with E-state index in [-0.39, 0.29) is 0 Å². The number of anilines is 3. The van der Waals surface area contributed by atoms with Gasteiger partial charge in [-0.1, -0.05) is 158 Å². The van der Waals surface area contributed by atoms with Gasteiger partial charge in [0.05, 0.1) is 5.69 Å². The van der Waals surface area contributed by atoms with Crippen LogP contribution >= 0.6 is 0 Å². The van der Waals surface area contributed by atoms with Gasteiger partial charge < -0.3 is 4.90 Å². The van der Waals surface area contributed by atoms with Gasteiger partial charge in [0.1, 0.15) is 0 Å². The van der Waals surface area contributed by atoms with Crippen LogP contribution in [0.3, 0.4) is 0 Å². The molecule has 10 rings (SSSR count). The molecule has 49 heavy (non-hydrogen) atoms. The first-order chi connectivity index (χ1) is 24.3. The maximum atomic E-state index is 2.45. The molecule has 0 heterocycles. The number of nitrogens with zero attached hydrogens (tertiary/aromatic N) is 1. The molecule has 1 heteroatoms. The van der Waals surface area contributed by atoms with Crippen molar-refractivity contribution in [1.82, 2.24) is 0 Å². The highest BCUT2D eigenvalue weighted by atomic mass is 15.1. The second kappa shape index (κ2) is 11.1. The lowest BCUT2D eigenvalue weighted by Gasteiger charge is -2.28. The summed E-state index contributed by atoms with van der Waals surface area (Å²) in [6.07, 6.45) is 0. The van der Waals surface area contributed by atoms with E-state index < -0.39 is 0 Å². The van der Waals surface area contributed by atoms with Crippen molar-refractivity contribution in [1.29, 1.82) is 0 Å². The van der Waals surface area contributed by atoms with Gasteiger partial charge in [0.25, 0.3) is 0 Å². The van der Waals surface area contributed by atoms with Gasteiger partial charge in [0.15, 0.2) is 0 Å². The van der Waals surface area contributed by atoms with Gasteiger partial charge in [-0.15, -0.1) is 0 Å². The second-order valence-electron chi connectivity index (χ2n) is 12.9. The highest BCUT2D eigenvalue weighted by molar-refractivity contribution is 6.26. The number of rotatable bonds is 4. The Balaban J connectivity index is 1.27. The van der Waals surface area contributed by atoms with E-state index in [0.717, 1.165) is 17.1 Å². The minimum atomic E-state index is 1.13. The van der Waals surface area contributed by atoms with E-state index >= 15 is 0 Å². The molecule has 0 N–H and O–H groups in total. The van der Waals surface area contributed by atoms with Crippen LogP contribution in [0.1, 0.15) is 0 Å². The summed E-state index contributed by atoms with van der Waals surface area (Å²) in [5, 5.41) is 15.1. The number of hydrogen-bond donors (Lipinski definition) is 0. The van der Waals surface area contributed by atoms with Crippen LogP contribution in [0.25, 0.3) is 75.8 Å². The van der Waals surface area contributed by atoms with Crippen molar-refractivity contribution < 1.29 is 0 Å². The average molecular weight is 622 g/mol. The smallest absolute Gasteiger partial charge is 0.0540 e. The number of benzene rings is 10. The lowest BCUT2D eigenvalue weighted by molar-refractivity contribution is 1.31.